The Balaban J connectivity index is 0.00000230. The molecule has 2 fully saturated rings. The van der Waals surface area contributed by atoms with Crippen molar-refractivity contribution < 1.29 is 31.8 Å². The second-order valence-corrected chi connectivity index (χ2v) is 10.6. The van der Waals surface area contributed by atoms with Crippen LogP contribution in [0.2, 0.25) is 0 Å². The van der Waals surface area contributed by atoms with Crippen molar-refractivity contribution in [1.29, 1.82) is 0 Å². The molecule has 4 aromatic carbocycles. The summed E-state index contributed by atoms with van der Waals surface area (Å²) in [5.41, 5.74) is 2.32. The maximum Gasteiger partial charge on any atom is 0.255 e. The largest absolute Gasteiger partial charge is 0.488 e. The molecule has 2 saturated heterocycles. The molecule has 45 heavy (non-hydrogen) atoms. The summed E-state index contributed by atoms with van der Waals surface area (Å²) in [5, 5.41) is 9.30. The maximum absolute atomic E-state index is 14.2. The number of anilines is 1. The lowest BCUT2D eigenvalue weighted by Crippen LogP contribution is -2.20. The molecule has 0 spiro atoms. The second-order valence-electron chi connectivity index (χ2n) is 10.6. The van der Waals surface area contributed by atoms with Crippen LogP contribution in [-0.2, 0) is 0 Å². The van der Waals surface area contributed by atoms with Crippen LogP contribution in [0.3, 0.4) is 0 Å². The van der Waals surface area contributed by atoms with Crippen LogP contribution in [0.4, 0.5) is 23.2 Å². The number of hydrogen-bond donors (Lipinski definition) is 3. The van der Waals surface area contributed by atoms with Crippen LogP contribution in [-0.4, -0.2) is 44.3 Å². The molecule has 6 rings (SSSR count). The Morgan fingerprint density at radius 2 is 1.16 bits per heavy atom. The van der Waals surface area contributed by atoms with Gasteiger partial charge in [0.05, 0.1) is 0 Å². The molecule has 0 radical (unpaired) electrons. The van der Waals surface area contributed by atoms with Gasteiger partial charge in [-0.2, -0.15) is 0 Å². The summed E-state index contributed by atoms with van der Waals surface area (Å²) in [6.07, 6.45) is 1.41. The molecule has 0 aromatic heterocycles. The van der Waals surface area contributed by atoms with Gasteiger partial charge in [-0.05, 0) is 97.7 Å². The topological polar surface area (TPSA) is 71.6 Å². The predicted molar refractivity (Wildman–Crippen MR) is 170 cm³/mol. The first-order chi connectivity index (χ1) is 20.8. The maximum atomic E-state index is 14.2. The summed E-state index contributed by atoms with van der Waals surface area (Å²) in [6.45, 7) is 2.93. The number of amides is 1. The number of carbonyl (C=O) groups excluding carboxylic acids is 1. The minimum absolute atomic E-state index is 0. The molecule has 2 atom stereocenters. The highest BCUT2D eigenvalue weighted by atomic mass is 35.5. The summed E-state index contributed by atoms with van der Waals surface area (Å²) < 4.78 is 68.0. The number of halogens is 6. The van der Waals surface area contributed by atoms with Crippen LogP contribution in [0.15, 0.2) is 72.8 Å². The number of ether oxygens (including phenoxy) is 2. The number of carbonyl (C=O) groups is 1. The molecule has 2 heterocycles. The van der Waals surface area contributed by atoms with E-state index in [1.54, 1.807) is 36.4 Å². The van der Waals surface area contributed by atoms with Gasteiger partial charge in [-0.1, -0.05) is 12.1 Å². The zero-order valence-electron chi connectivity index (χ0n) is 23.9. The summed E-state index contributed by atoms with van der Waals surface area (Å²) in [7, 11) is 0. The fourth-order valence-electron chi connectivity index (χ4n) is 5.28. The van der Waals surface area contributed by atoms with Crippen molar-refractivity contribution in [2.75, 3.05) is 31.5 Å². The molecule has 6 nitrogen and oxygen atoms in total. The first kappa shape index (κ1) is 34.1. The van der Waals surface area contributed by atoms with Crippen molar-refractivity contribution in [2.45, 2.75) is 25.0 Å². The number of benzene rings is 4. The lowest BCUT2D eigenvalue weighted by atomic mass is 10.0. The molecule has 3 N–H and O–H groups in total. The van der Waals surface area contributed by atoms with E-state index in [4.69, 9.17) is 9.47 Å². The minimum Gasteiger partial charge on any atom is -0.488 e. The summed E-state index contributed by atoms with van der Waals surface area (Å²) in [6, 6.07) is 16.9. The summed E-state index contributed by atoms with van der Waals surface area (Å²) in [4.78, 5) is 13.4. The molecule has 0 bridgehead atoms. The van der Waals surface area contributed by atoms with Crippen LogP contribution >= 0.6 is 24.8 Å². The van der Waals surface area contributed by atoms with Crippen molar-refractivity contribution in [2.24, 2.45) is 0 Å². The third-order valence-electron chi connectivity index (χ3n) is 7.56. The molecule has 4 aromatic rings. The fraction of sp³-hybridized carbons (Fsp3) is 0.242. The standard InChI is InChI=1S/C33H29F4N3O3.2ClH/c34-27-5-1-19(14-29(27)36)25-13-21(3-7-31(25)42-23-9-11-38-17-23)33(41)40-22-4-8-32(43-24-10-12-39-18-24)26(16-22)20-2-6-28(35)30(37)15-20;;/h1-8,13-16,23-24,38-39H,9-12,17-18H2,(H,40,41);2*1H/t23-,24-;;/m0../s1. The van der Waals surface area contributed by atoms with Gasteiger partial charge in [-0.3, -0.25) is 4.79 Å². The third-order valence-corrected chi connectivity index (χ3v) is 7.56. The van der Waals surface area contributed by atoms with E-state index in [9.17, 15) is 22.4 Å². The van der Waals surface area contributed by atoms with Crippen LogP contribution in [0, 0.1) is 23.3 Å². The summed E-state index contributed by atoms with van der Waals surface area (Å²) >= 11 is 0. The summed E-state index contributed by atoms with van der Waals surface area (Å²) in [5.74, 6) is -3.51. The molecule has 0 aliphatic carbocycles. The van der Waals surface area contributed by atoms with Crippen LogP contribution in [0.1, 0.15) is 23.2 Å². The van der Waals surface area contributed by atoms with Gasteiger partial charge in [-0.25, -0.2) is 17.6 Å². The normalized spacial score (nSPS) is 17.2. The van der Waals surface area contributed by atoms with Crippen molar-refractivity contribution in [3.05, 3.63) is 102 Å². The van der Waals surface area contributed by atoms with Crippen molar-refractivity contribution >= 4 is 36.4 Å². The first-order valence-electron chi connectivity index (χ1n) is 14.1. The Morgan fingerprint density at radius 1 is 0.644 bits per heavy atom. The SMILES string of the molecule is Cl.Cl.O=C(Nc1ccc(O[C@H]2CCNC2)c(-c2ccc(F)c(F)c2)c1)c1ccc(O[C@H]2CCNC2)c(-c2ccc(F)c(F)c2)c1. The van der Waals surface area contributed by atoms with Crippen LogP contribution in [0.25, 0.3) is 22.3 Å². The number of nitrogens with one attached hydrogen (secondary N) is 3. The quantitative estimate of drug-likeness (QED) is 0.175. The lowest BCUT2D eigenvalue weighted by Gasteiger charge is -2.19. The van der Waals surface area contributed by atoms with Crippen molar-refractivity contribution in [1.82, 2.24) is 10.6 Å². The Hall–Kier alpha value is -3.83. The van der Waals surface area contributed by atoms with Gasteiger partial charge in [0.2, 0.25) is 0 Å². The van der Waals surface area contributed by atoms with E-state index in [2.05, 4.69) is 16.0 Å². The van der Waals surface area contributed by atoms with Crippen molar-refractivity contribution in [3.8, 4) is 33.8 Å². The Morgan fingerprint density at radius 3 is 1.64 bits per heavy atom. The van der Waals surface area contributed by atoms with E-state index >= 15 is 0 Å². The molecule has 2 aliphatic heterocycles. The smallest absolute Gasteiger partial charge is 0.255 e. The Kier molecular flexibility index (Phi) is 11.3. The molecule has 1 amide bonds. The average Bonchev–Trinajstić information content (AvgIpc) is 3.72. The Bertz CT molecular complexity index is 1660. The van der Waals surface area contributed by atoms with Gasteiger partial charge in [0, 0.05) is 35.5 Å². The first-order valence-corrected chi connectivity index (χ1v) is 14.1. The molecular weight excluding hydrogens is 633 g/mol. The van der Waals surface area contributed by atoms with E-state index in [-0.39, 0.29) is 42.6 Å². The van der Waals surface area contributed by atoms with Gasteiger partial charge in [0.25, 0.3) is 5.91 Å². The number of rotatable bonds is 8. The van der Waals surface area contributed by atoms with Crippen LogP contribution < -0.4 is 25.4 Å². The van der Waals surface area contributed by atoms with E-state index < -0.39 is 29.2 Å². The zero-order valence-corrected chi connectivity index (χ0v) is 25.5. The van der Waals surface area contributed by atoms with Crippen LogP contribution in [0.5, 0.6) is 11.5 Å². The molecule has 0 unspecified atom stereocenters. The van der Waals surface area contributed by atoms with Gasteiger partial charge in [-0.15, -0.1) is 24.8 Å². The Labute approximate surface area is 270 Å². The monoisotopic (exact) mass is 663 g/mol. The van der Waals surface area contributed by atoms with Gasteiger partial charge < -0.3 is 25.4 Å². The molecule has 238 valence electrons. The average molecular weight is 665 g/mol. The second kappa shape index (κ2) is 15.0. The minimum atomic E-state index is -1.01. The van der Waals surface area contributed by atoms with E-state index in [0.717, 1.165) is 50.2 Å². The number of hydrogen-bond acceptors (Lipinski definition) is 5. The van der Waals surface area contributed by atoms with E-state index in [1.165, 1.54) is 12.1 Å². The highest BCUT2D eigenvalue weighted by molar-refractivity contribution is 6.05. The van der Waals surface area contributed by atoms with Gasteiger partial charge in [0.15, 0.2) is 23.3 Å². The fourth-order valence-corrected chi connectivity index (χ4v) is 5.28. The molecule has 0 saturated carbocycles. The van der Waals surface area contributed by atoms with Gasteiger partial charge >= 0.3 is 0 Å². The highest BCUT2D eigenvalue weighted by Gasteiger charge is 2.22. The van der Waals surface area contributed by atoms with Crippen molar-refractivity contribution in [3.63, 3.8) is 0 Å². The third kappa shape index (κ3) is 7.88. The lowest BCUT2D eigenvalue weighted by molar-refractivity contribution is 0.102. The van der Waals surface area contributed by atoms with E-state index in [0.29, 0.717) is 52.5 Å². The van der Waals surface area contributed by atoms with E-state index in [1.807, 2.05) is 0 Å². The van der Waals surface area contributed by atoms with Gasteiger partial charge in [0.1, 0.15) is 23.7 Å². The molecular formula is C33H31Cl2F4N3O3. The highest BCUT2D eigenvalue weighted by Crippen LogP contribution is 2.36. The predicted octanol–water partition coefficient (Wildman–Crippen LogP) is 7.15. The molecule has 12 heteroatoms. The molecule has 2 aliphatic rings. The zero-order chi connectivity index (χ0) is 29.9.